The fraction of sp³-hybridized carbons (Fsp3) is 0.389. The van der Waals surface area contributed by atoms with E-state index in [0.29, 0.717) is 17.0 Å². The first-order chi connectivity index (χ1) is 11.4. The number of aromatic nitrogens is 2. The van der Waals surface area contributed by atoms with E-state index in [0.717, 1.165) is 30.2 Å². The van der Waals surface area contributed by atoms with Gasteiger partial charge in [-0.2, -0.15) is 0 Å². The van der Waals surface area contributed by atoms with E-state index in [2.05, 4.69) is 16.9 Å². The normalized spacial score (nSPS) is 20.4. The SMILES string of the molecule is Cc1nc(C2CC(C)CN2C(=O)c2ccc(C(=N)N)cc2)[nH]c1C. The summed E-state index contributed by atoms with van der Waals surface area (Å²) >= 11 is 0. The molecule has 0 saturated carbocycles. The second kappa shape index (κ2) is 6.11. The number of nitrogen functional groups attached to an aromatic ring is 1. The van der Waals surface area contributed by atoms with E-state index in [1.54, 1.807) is 24.3 Å². The van der Waals surface area contributed by atoms with E-state index in [4.69, 9.17) is 11.1 Å². The zero-order valence-corrected chi connectivity index (χ0v) is 14.3. The number of nitrogens with two attached hydrogens (primary N) is 1. The fourth-order valence-corrected chi connectivity index (χ4v) is 3.22. The number of hydrogen-bond donors (Lipinski definition) is 3. The van der Waals surface area contributed by atoms with E-state index in [1.165, 1.54) is 0 Å². The third-order valence-corrected chi connectivity index (χ3v) is 4.68. The Morgan fingerprint density at radius 2 is 1.92 bits per heavy atom. The number of amides is 1. The lowest BCUT2D eigenvalue weighted by molar-refractivity contribution is 0.0727. The van der Waals surface area contributed by atoms with Gasteiger partial charge in [0.15, 0.2) is 0 Å². The summed E-state index contributed by atoms with van der Waals surface area (Å²) in [7, 11) is 0. The summed E-state index contributed by atoms with van der Waals surface area (Å²) in [5.41, 5.74) is 8.72. The minimum atomic E-state index is -0.0209. The van der Waals surface area contributed by atoms with Crippen molar-refractivity contribution in [2.45, 2.75) is 33.2 Å². The molecule has 1 aliphatic rings. The Bertz CT molecular complexity index is 758. The summed E-state index contributed by atoms with van der Waals surface area (Å²) in [6.45, 7) is 6.84. The minimum absolute atomic E-state index is 0.00297. The summed E-state index contributed by atoms with van der Waals surface area (Å²) in [5.74, 6) is 1.29. The van der Waals surface area contributed by atoms with Crippen LogP contribution in [-0.4, -0.2) is 33.2 Å². The molecular weight excluding hydrogens is 302 g/mol. The monoisotopic (exact) mass is 325 g/mol. The Labute approximate surface area is 141 Å². The topological polar surface area (TPSA) is 98.9 Å². The van der Waals surface area contributed by atoms with Crippen LogP contribution in [0.1, 0.15) is 52.5 Å². The number of amidine groups is 1. The fourth-order valence-electron chi connectivity index (χ4n) is 3.22. The standard InChI is InChI=1S/C18H23N5O/c1-10-8-15(17-21-11(2)12(3)22-17)23(9-10)18(24)14-6-4-13(5-7-14)16(19)20/h4-7,10,15H,8-9H2,1-3H3,(H3,19,20)(H,21,22). The van der Waals surface area contributed by atoms with Gasteiger partial charge in [-0.1, -0.05) is 19.1 Å². The highest BCUT2D eigenvalue weighted by Crippen LogP contribution is 2.35. The largest absolute Gasteiger partial charge is 0.384 e. The molecule has 1 saturated heterocycles. The van der Waals surface area contributed by atoms with Crippen molar-refractivity contribution in [2.75, 3.05) is 6.54 Å². The number of aromatic amines is 1. The molecular formula is C18H23N5O. The van der Waals surface area contributed by atoms with Crippen LogP contribution in [0.3, 0.4) is 0 Å². The first-order valence-corrected chi connectivity index (χ1v) is 8.15. The predicted octanol–water partition coefficient (Wildman–Crippen LogP) is 2.53. The number of carbonyl (C=O) groups is 1. The van der Waals surface area contributed by atoms with Gasteiger partial charge >= 0.3 is 0 Å². The van der Waals surface area contributed by atoms with Crippen molar-refractivity contribution in [3.63, 3.8) is 0 Å². The zero-order valence-electron chi connectivity index (χ0n) is 14.3. The number of aryl methyl sites for hydroxylation is 2. The summed E-state index contributed by atoms with van der Waals surface area (Å²) in [6.07, 6.45) is 0.906. The smallest absolute Gasteiger partial charge is 0.254 e. The molecule has 0 radical (unpaired) electrons. The number of rotatable bonds is 3. The molecule has 3 rings (SSSR count). The van der Waals surface area contributed by atoms with E-state index in [1.807, 2.05) is 18.7 Å². The zero-order chi connectivity index (χ0) is 17.4. The molecule has 0 bridgehead atoms. The molecule has 6 nitrogen and oxygen atoms in total. The van der Waals surface area contributed by atoms with Crippen LogP contribution in [0.25, 0.3) is 0 Å². The summed E-state index contributed by atoms with van der Waals surface area (Å²) in [5, 5.41) is 7.44. The molecule has 1 fully saturated rings. The maximum absolute atomic E-state index is 12.9. The van der Waals surface area contributed by atoms with Gasteiger partial charge in [0, 0.05) is 23.4 Å². The number of hydrogen-bond acceptors (Lipinski definition) is 3. The van der Waals surface area contributed by atoms with Gasteiger partial charge in [-0.3, -0.25) is 10.2 Å². The van der Waals surface area contributed by atoms with Gasteiger partial charge in [-0.05, 0) is 38.3 Å². The number of carbonyl (C=O) groups excluding carboxylic acids is 1. The number of H-pyrrole nitrogens is 1. The van der Waals surface area contributed by atoms with E-state index < -0.39 is 0 Å². The number of likely N-dealkylation sites (tertiary alicyclic amines) is 1. The van der Waals surface area contributed by atoms with Crippen molar-refractivity contribution in [1.29, 1.82) is 5.41 Å². The highest BCUT2D eigenvalue weighted by atomic mass is 16.2. The van der Waals surface area contributed by atoms with Crippen molar-refractivity contribution in [2.24, 2.45) is 11.7 Å². The second-order valence-corrected chi connectivity index (χ2v) is 6.64. The number of nitrogens with zero attached hydrogens (tertiary/aromatic N) is 2. The molecule has 1 aliphatic heterocycles. The third kappa shape index (κ3) is 2.91. The second-order valence-electron chi connectivity index (χ2n) is 6.64. The predicted molar refractivity (Wildman–Crippen MR) is 93.1 cm³/mol. The molecule has 0 spiro atoms. The lowest BCUT2D eigenvalue weighted by Crippen LogP contribution is -2.31. The van der Waals surface area contributed by atoms with Gasteiger partial charge in [0.25, 0.3) is 5.91 Å². The Hall–Kier alpha value is -2.63. The minimum Gasteiger partial charge on any atom is -0.384 e. The van der Waals surface area contributed by atoms with Crippen molar-refractivity contribution in [3.05, 3.63) is 52.6 Å². The first-order valence-electron chi connectivity index (χ1n) is 8.15. The highest BCUT2D eigenvalue weighted by Gasteiger charge is 2.36. The molecule has 6 heteroatoms. The van der Waals surface area contributed by atoms with Gasteiger partial charge in [0.1, 0.15) is 11.7 Å². The maximum atomic E-state index is 12.9. The summed E-state index contributed by atoms with van der Waals surface area (Å²) in [6, 6.07) is 6.87. The van der Waals surface area contributed by atoms with Gasteiger partial charge in [-0.25, -0.2) is 4.98 Å². The summed E-state index contributed by atoms with van der Waals surface area (Å²) < 4.78 is 0. The average Bonchev–Trinajstić information content (AvgIpc) is 3.09. The molecule has 1 amide bonds. The van der Waals surface area contributed by atoms with Gasteiger partial charge in [-0.15, -0.1) is 0 Å². The maximum Gasteiger partial charge on any atom is 0.254 e. The quantitative estimate of drug-likeness (QED) is 0.597. The van der Waals surface area contributed by atoms with Gasteiger partial charge in [0.05, 0.1) is 11.7 Å². The molecule has 1 aromatic heterocycles. The van der Waals surface area contributed by atoms with Crippen LogP contribution >= 0.6 is 0 Å². The molecule has 126 valence electrons. The van der Waals surface area contributed by atoms with Crippen molar-refractivity contribution in [1.82, 2.24) is 14.9 Å². The van der Waals surface area contributed by atoms with Crippen molar-refractivity contribution < 1.29 is 4.79 Å². The van der Waals surface area contributed by atoms with Gasteiger partial charge < -0.3 is 15.6 Å². The van der Waals surface area contributed by atoms with Crippen LogP contribution in [0, 0.1) is 25.2 Å². The Morgan fingerprint density at radius 1 is 1.29 bits per heavy atom. The van der Waals surface area contributed by atoms with Crippen LogP contribution in [0.2, 0.25) is 0 Å². The van der Waals surface area contributed by atoms with E-state index in [9.17, 15) is 4.79 Å². The molecule has 2 unspecified atom stereocenters. The number of benzene rings is 1. The molecule has 2 heterocycles. The Kier molecular flexibility index (Phi) is 4.13. The first kappa shape index (κ1) is 16.2. The van der Waals surface area contributed by atoms with Gasteiger partial charge in [0.2, 0.25) is 0 Å². The lowest BCUT2D eigenvalue weighted by Gasteiger charge is -2.23. The third-order valence-electron chi connectivity index (χ3n) is 4.68. The van der Waals surface area contributed by atoms with Crippen LogP contribution < -0.4 is 5.73 Å². The van der Waals surface area contributed by atoms with Crippen LogP contribution in [0.15, 0.2) is 24.3 Å². The van der Waals surface area contributed by atoms with Crippen LogP contribution in [0.4, 0.5) is 0 Å². The van der Waals surface area contributed by atoms with E-state index in [-0.39, 0.29) is 17.8 Å². The van der Waals surface area contributed by atoms with Crippen LogP contribution in [0.5, 0.6) is 0 Å². The Balaban J connectivity index is 1.87. The molecule has 4 N–H and O–H groups in total. The Morgan fingerprint density at radius 3 is 2.46 bits per heavy atom. The molecule has 1 aromatic carbocycles. The molecule has 2 aromatic rings. The highest BCUT2D eigenvalue weighted by molar-refractivity contribution is 5.98. The van der Waals surface area contributed by atoms with Crippen LogP contribution in [-0.2, 0) is 0 Å². The molecule has 0 aliphatic carbocycles. The number of nitrogens with one attached hydrogen (secondary N) is 2. The van der Waals surface area contributed by atoms with E-state index >= 15 is 0 Å². The molecule has 24 heavy (non-hydrogen) atoms. The van der Waals surface area contributed by atoms with Crippen molar-refractivity contribution in [3.8, 4) is 0 Å². The van der Waals surface area contributed by atoms with Crippen molar-refractivity contribution >= 4 is 11.7 Å². The average molecular weight is 325 g/mol. The molecule has 2 atom stereocenters. The number of imidazole rings is 1. The summed E-state index contributed by atoms with van der Waals surface area (Å²) in [4.78, 5) is 22.8. The lowest BCUT2D eigenvalue weighted by atomic mass is 10.1.